The first kappa shape index (κ1) is 10.4. The lowest BCUT2D eigenvalue weighted by Crippen LogP contribution is -1.88. The Morgan fingerprint density at radius 2 is 2.00 bits per heavy atom. The van der Waals surface area contributed by atoms with Crippen molar-refractivity contribution >= 4 is 32.5 Å². The second kappa shape index (κ2) is 3.89. The number of nitrogens with zero attached hydrogens (tertiary/aromatic N) is 1. The standard InChI is InChI=1S/C13H10BrN3/c14-9-2-1-8-5-13(17-11(8)6-9)12-7-10(15)3-4-16-12/h1-7,17H,(H2,15,16). The molecule has 0 spiro atoms. The lowest BCUT2D eigenvalue weighted by molar-refractivity contribution is 1.29. The number of pyridine rings is 1. The smallest absolute Gasteiger partial charge is 0.0885 e. The van der Waals surface area contributed by atoms with Gasteiger partial charge in [0.2, 0.25) is 0 Å². The van der Waals surface area contributed by atoms with Crippen molar-refractivity contribution in [3.8, 4) is 11.4 Å². The number of halogens is 1. The van der Waals surface area contributed by atoms with Gasteiger partial charge in [-0.25, -0.2) is 0 Å². The SMILES string of the molecule is Nc1ccnc(-c2cc3ccc(Br)cc3[nH]2)c1. The number of hydrogen-bond acceptors (Lipinski definition) is 2. The van der Waals surface area contributed by atoms with E-state index in [-0.39, 0.29) is 0 Å². The summed E-state index contributed by atoms with van der Waals surface area (Å²) < 4.78 is 1.05. The van der Waals surface area contributed by atoms with Crippen LogP contribution in [0.5, 0.6) is 0 Å². The Morgan fingerprint density at radius 3 is 2.82 bits per heavy atom. The molecule has 3 nitrogen and oxygen atoms in total. The Hall–Kier alpha value is -1.81. The summed E-state index contributed by atoms with van der Waals surface area (Å²) in [6, 6.07) is 11.8. The van der Waals surface area contributed by atoms with Gasteiger partial charge in [0.1, 0.15) is 0 Å². The average molecular weight is 288 g/mol. The first-order valence-corrected chi connectivity index (χ1v) is 6.02. The number of H-pyrrole nitrogens is 1. The second-order valence-electron chi connectivity index (χ2n) is 3.89. The van der Waals surface area contributed by atoms with Crippen molar-refractivity contribution in [2.75, 3.05) is 5.73 Å². The highest BCUT2D eigenvalue weighted by Gasteiger charge is 2.04. The Bertz CT molecular complexity index is 688. The fraction of sp³-hybridized carbons (Fsp3) is 0. The van der Waals surface area contributed by atoms with E-state index in [0.717, 1.165) is 32.5 Å². The zero-order valence-corrected chi connectivity index (χ0v) is 10.5. The highest BCUT2D eigenvalue weighted by molar-refractivity contribution is 9.10. The van der Waals surface area contributed by atoms with Gasteiger partial charge in [0.15, 0.2) is 0 Å². The predicted molar refractivity (Wildman–Crippen MR) is 73.6 cm³/mol. The minimum atomic E-state index is 0.717. The quantitative estimate of drug-likeness (QED) is 0.719. The molecule has 0 fully saturated rings. The molecule has 0 bridgehead atoms. The molecule has 0 saturated heterocycles. The van der Waals surface area contributed by atoms with E-state index < -0.39 is 0 Å². The van der Waals surface area contributed by atoms with Crippen LogP contribution in [-0.2, 0) is 0 Å². The number of aromatic amines is 1. The largest absolute Gasteiger partial charge is 0.399 e. The summed E-state index contributed by atoms with van der Waals surface area (Å²) in [5.41, 5.74) is 9.39. The van der Waals surface area contributed by atoms with Gasteiger partial charge in [-0.15, -0.1) is 0 Å². The van der Waals surface area contributed by atoms with Crippen LogP contribution in [0.25, 0.3) is 22.3 Å². The number of fused-ring (bicyclic) bond motifs is 1. The predicted octanol–water partition coefficient (Wildman–Crippen LogP) is 3.57. The van der Waals surface area contributed by atoms with Crippen molar-refractivity contribution in [3.05, 3.63) is 47.1 Å². The third kappa shape index (κ3) is 1.91. The van der Waals surface area contributed by atoms with Gasteiger partial charge < -0.3 is 10.7 Å². The van der Waals surface area contributed by atoms with Crippen LogP contribution < -0.4 is 5.73 Å². The van der Waals surface area contributed by atoms with Gasteiger partial charge in [-0.1, -0.05) is 22.0 Å². The minimum Gasteiger partial charge on any atom is -0.399 e. The summed E-state index contributed by atoms with van der Waals surface area (Å²) in [6.07, 6.45) is 1.71. The van der Waals surface area contributed by atoms with Crippen LogP contribution in [0.1, 0.15) is 0 Å². The molecule has 3 N–H and O–H groups in total. The van der Waals surface area contributed by atoms with Gasteiger partial charge in [-0.3, -0.25) is 4.98 Å². The van der Waals surface area contributed by atoms with Gasteiger partial charge >= 0.3 is 0 Å². The molecule has 0 saturated carbocycles. The van der Waals surface area contributed by atoms with Gasteiger partial charge in [0, 0.05) is 27.3 Å². The summed E-state index contributed by atoms with van der Waals surface area (Å²) in [5.74, 6) is 0. The fourth-order valence-corrected chi connectivity index (χ4v) is 2.19. The molecule has 0 radical (unpaired) electrons. The topological polar surface area (TPSA) is 54.7 Å². The highest BCUT2D eigenvalue weighted by Crippen LogP contribution is 2.25. The molecule has 0 unspecified atom stereocenters. The van der Waals surface area contributed by atoms with Crippen molar-refractivity contribution in [1.29, 1.82) is 0 Å². The Morgan fingerprint density at radius 1 is 1.12 bits per heavy atom. The molecular weight excluding hydrogens is 278 g/mol. The van der Waals surface area contributed by atoms with Crippen LogP contribution in [0, 0.1) is 0 Å². The first-order chi connectivity index (χ1) is 8.22. The Labute approximate surface area is 107 Å². The molecule has 0 aliphatic rings. The zero-order valence-electron chi connectivity index (χ0n) is 8.94. The van der Waals surface area contributed by atoms with Crippen molar-refractivity contribution in [2.24, 2.45) is 0 Å². The molecule has 17 heavy (non-hydrogen) atoms. The molecule has 0 atom stereocenters. The lowest BCUT2D eigenvalue weighted by Gasteiger charge is -1.97. The van der Waals surface area contributed by atoms with Crippen molar-refractivity contribution in [2.45, 2.75) is 0 Å². The average Bonchev–Trinajstić information content (AvgIpc) is 2.72. The van der Waals surface area contributed by atoms with Crippen LogP contribution >= 0.6 is 15.9 Å². The molecular formula is C13H10BrN3. The number of benzene rings is 1. The lowest BCUT2D eigenvalue weighted by atomic mass is 10.2. The van der Waals surface area contributed by atoms with Crippen LogP contribution in [-0.4, -0.2) is 9.97 Å². The van der Waals surface area contributed by atoms with E-state index in [2.05, 4.69) is 38.0 Å². The number of nitrogens with two attached hydrogens (primary N) is 1. The molecule has 1 aromatic carbocycles. The Kier molecular flexibility index (Phi) is 2.37. The van der Waals surface area contributed by atoms with Crippen LogP contribution in [0.4, 0.5) is 5.69 Å². The van der Waals surface area contributed by atoms with E-state index in [1.54, 1.807) is 12.3 Å². The van der Waals surface area contributed by atoms with E-state index in [1.165, 1.54) is 0 Å². The van der Waals surface area contributed by atoms with E-state index in [0.29, 0.717) is 0 Å². The maximum absolute atomic E-state index is 5.75. The number of anilines is 1. The van der Waals surface area contributed by atoms with E-state index in [4.69, 9.17) is 5.73 Å². The number of nitrogens with one attached hydrogen (secondary N) is 1. The second-order valence-corrected chi connectivity index (χ2v) is 4.80. The number of hydrogen-bond donors (Lipinski definition) is 2. The van der Waals surface area contributed by atoms with Gasteiger partial charge in [0.25, 0.3) is 0 Å². The summed E-state index contributed by atoms with van der Waals surface area (Å²) in [7, 11) is 0. The zero-order chi connectivity index (χ0) is 11.8. The van der Waals surface area contributed by atoms with Crippen molar-refractivity contribution in [3.63, 3.8) is 0 Å². The molecule has 0 aliphatic heterocycles. The number of nitrogen functional groups attached to an aromatic ring is 1. The summed E-state index contributed by atoms with van der Waals surface area (Å²) in [5, 5.41) is 1.16. The normalized spacial score (nSPS) is 10.9. The van der Waals surface area contributed by atoms with Crippen LogP contribution in [0.3, 0.4) is 0 Å². The van der Waals surface area contributed by atoms with E-state index in [1.807, 2.05) is 18.2 Å². The third-order valence-corrected chi connectivity index (χ3v) is 3.14. The van der Waals surface area contributed by atoms with Gasteiger partial charge in [0.05, 0.1) is 11.4 Å². The van der Waals surface area contributed by atoms with E-state index >= 15 is 0 Å². The molecule has 84 valence electrons. The first-order valence-electron chi connectivity index (χ1n) is 5.22. The molecule has 2 aromatic heterocycles. The third-order valence-electron chi connectivity index (χ3n) is 2.64. The summed E-state index contributed by atoms with van der Waals surface area (Å²) in [6.45, 7) is 0. The maximum Gasteiger partial charge on any atom is 0.0885 e. The Balaban J connectivity index is 2.18. The maximum atomic E-state index is 5.75. The minimum absolute atomic E-state index is 0.717. The van der Waals surface area contributed by atoms with Crippen molar-refractivity contribution < 1.29 is 0 Å². The molecule has 0 amide bonds. The molecule has 3 aromatic rings. The summed E-state index contributed by atoms with van der Waals surface area (Å²) in [4.78, 5) is 7.64. The van der Waals surface area contributed by atoms with Crippen LogP contribution in [0.2, 0.25) is 0 Å². The molecule has 3 rings (SSSR count). The highest BCUT2D eigenvalue weighted by atomic mass is 79.9. The summed E-state index contributed by atoms with van der Waals surface area (Å²) >= 11 is 3.45. The van der Waals surface area contributed by atoms with Crippen LogP contribution in [0.15, 0.2) is 47.1 Å². The van der Waals surface area contributed by atoms with Gasteiger partial charge in [-0.05, 0) is 30.3 Å². The molecule has 4 heteroatoms. The van der Waals surface area contributed by atoms with Gasteiger partial charge in [-0.2, -0.15) is 0 Å². The van der Waals surface area contributed by atoms with E-state index in [9.17, 15) is 0 Å². The number of rotatable bonds is 1. The number of aromatic nitrogens is 2. The molecule has 0 aliphatic carbocycles. The van der Waals surface area contributed by atoms with Crippen molar-refractivity contribution in [1.82, 2.24) is 9.97 Å². The molecule has 2 heterocycles. The monoisotopic (exact) mass is 287 g/mol. The fourth-order valence-electron chi connectivity index (χ4n) is 1.83.